The van der Waals surface area contributed by atoms with E-state index in [1.165, 1.54) is 0 Å². The summed E-state index contributed by atoms with van der Waals surface area (Å²) in [6, 6.07) is 9.24. The molecule has 1 unspecified atom stereocenters. The monoisotopic (exact) mass is 402 g/mol. The molecule has 1 fully saturated rings. The van der Waals surface area contributed by atoms with E-state index in [1.54, 1.807) is 35.1 Å². The largest absolute Gasteiger partial charge is 0.486 e. The Balaban J connectivity index is 1.26. The number of ether oxygens (including phenoxy) is 2. The van der Waals surface area contributed by atoms with E-state index in [9.17, 15) is 9.59 Å². The lowest BCUT2D eigenvalue weighted by molar-refractivity contribution is -0.126. The molecule has 2 aromatic rings. The minimum absolute atomic E-state index is 0.0518. The lowest BCUT2D eigenvalue weighted by atomic mass is 10.1. The van der Waals surface area contributed by atoms with Gasteiger partial charge in [0, 0.05) is 37.0 Å². The van der Waals surface area contributed by atoms with E-state index in [-0.39, 0.29) is 24.2 Å². The molecule has 1 aromatic heterocycles. The van der Waals surface area contributed by atoms with Gasteiger partial charge in [-0.05, 0) is 24.3 Å². The van der Waals surface area contributed by atoms with Gasteiger partial charge in [-0.1, -0.05) is 0 Å². The van der Waals surface area contributed by atoms with Gasteiger partial charge in [0.15, 0.2) is 11.5 Å². The van der Waals surface area contributed by atoms with Gasteiger partial charge in [-0.25, -0.2) is 0 Å². The van der Waals surface area contributed by atoms with Gasteiger partial charge in [0.25, 0.3) is 0 Å². The first-order valence-corrected chi connectivity index (χ1v) is 10.4. The predicted octanol–water partition coefficient (Wildman–Crippen LogP) is 2.45. The van der Waals surface area contributed by atoms with Crippen LogP contribution in [0.4, 0.5) is 5.69 Å². The van der Waals surface area contributed by atoms with Gasteiger partial charge in [-0.3, -0.25) is 9.59 Å². The van der Waals surface area contributed by atoms with Gasteiger partial charge in [0.1, 0.15) is 19.0 Å². The number of rotatable bonds is 7. The molecule has 1 saturated heterocycles. The van der Waals surface area contributed by atoms with Crippen molar-refractivity contribution in [2.24, 2.45) is 5.92 Å². The van der Waals surface area contributed by atoms with Crippen molar-refractivity contribution < 1.29 is 23.5 Å². The number of hydrogen-bond acceptors (Lipinski definition) is 6. The average molecular weight is 402 g/mol. The van der Waals surface area contributed by atoms with Crippen LogP contribution in [-0.4, -0.2) is 43.9 Å². The van der Waals surface area contributed by atoms with Gasteiger partial charge in [0.2, 0.25) is 11.8 Å². The molecule has 2 aliphatic heterocycles. The smallest absolute Gasteiger partial charge is 0.227 e. The molecule has 1 atom stereocenters. The molecule has 2 aliphatic rings. The summed E-state index contributed by atoms with van der Waals surface area (Å²) in [6.07, 6.45) is 1.88. The Morgan fingerprint density at radius 3 is 2.89 bits per heavy atom. The molecule has 1 aromatic carbocycles. The Kier molecular flexibility index (Phi) is 5.76. The second-order valence-corrected chi connectivity index (χ2v) is 7.76. The lowest BCUT2D eigenvalue weighted by Crippen LogP contribution is -2.34. The quantitative estimate of drug-likeness (QED) is 0.717. The van der Waals surface area contributed by atoms with Gasteiger partial charge in [-0.15, -0.1) is 0 Å². The maximum atomic E-state index is 12.4. The van der Waals surface area contributed by atoms with Crippen molar-refractivity contribution in [3.05, 3.63) is 42.4 Å². The Labute approximate surface area is 167 Å². The number of amides is 2. The third kappa shape index (κ3) is 4.27. The van der Waals surface area contributed by atoms with Crippen LogP contribution in [0.2, 0.25) is 0 Å². The van der Waals surface area contributed by atoms with Crippen LogP contribution in [-0.2, 0) is 15.3 Å². The van der Waals surface area contributed by atoms with Crippen LogP contribution in [0.25, 0.3) is 0 Å². The van der Waals surface area contributed by atoms with E-state index in [0.717, 1.165) is 23.0 Å². The number of nitrogens with one attached hydrogen (secondary N) is 1. The van der Waals surface area contributed by atoms with E-state index >= 15 is 0 Å². The van der Waals surface area contributed by atoms with Crippen molar-refractivity contribution in [2.75, 3.05) is 37.0 Å². The fourth-order valence-electron chi connectivity index (χ4n) is 3.29. The number of anilines is 1. The molecule has 4 rings (SSSR count). The zero-order chi connectivity index (χ0) is 19.3. The highest BCUT2D eigenvalue weighted by Crippen LogP contribution is 2.35. The SMILES string of the molecule is O=C(NCCSCc1ccco1)C1CC(=O)N(c2ccc3c(c2)OCCO3)C1. The third-order valence-corrected chi connectivity index (χ3v) is 5.68. The first-order chi connectivity index (χ1) is 13.7. The molecular weight excluding hydrogens is 380 g/mol. The minimum Gasteiger partial charge on any atom is -0.486 e. The number of carbonyl (C=O) groups excluding carboxylic acids is 2. The fraction of sp³-hybridized carbons (Fsp3) is 0.400. The van der Waals surface area contributed by atoms with Crippen LogP contribution in [0.15, 0.2) is 41.0 Å². The minimum atomic E-state index is -0.337. The molecule has 148 valence electrons. The summed E-state index contributed by atoms with van der Waals surface area (Å²) in [6.45, 7) is 1.97. The predicted molar refractivity (Wildman–Crippen MR) is 106 cm³/mol. The van der Waals surface area contributed by atoms with Gasteiger partial charge in [0.05, 0.1) is 17.9 Å². The van der Waals surface area contributed by atoms with Crippen molar-refractivity contribution in [3.8, 4) is 11.5 Å². The van der Waals surface area contributed by atoms with Gasteiger partial charge < -0.3 is 24.1 Å². The summed E-state index contributed by atoms with van der Waals surface area (Å²) in [7, 11) is 0. The van der Waals surface area contributed by atoms with Crippen molar-refractivity contribution in [1.29, 1.82) is 0 Å². The summed E-state index contributed by atoms with van der Waals surface area (Å²) >= 11 is 1.69. The molecule has 0 spiro atoms. The summed E-state index contributed by atoms with van der Waals surface area (Å²) in [5, 5.41) is 2.93. The number of fused-ring (bicyclic) bond motifs is 1. The average Bonchev–Trinajstić information content (AvgIpc) is 3.37. The number of hydrogen-bond donors (Lipinski definition) is 1. The molecule has 0 saturated carbocycles. The molecule has 2 amide bonds. The van der Waals surface area contributed by atoms with E-state index < -0.39 is 0 Å². The fourth-order valence-corrected chi connectivity index (χ4v) is 4.05. The van der Waals surface area contributed by atoms with Crippen LogP contribution in [0.1, 0.15) is 12.2 Å². The second-order valence-electron chi connectivity index (χ2n) is 6.66. The van der Waals surface area contributed by atoms with Gasteiger partial charge >= 0.3 is 0 Å². The standard InChI is InChI=1S/C20H22N2O5S/c23-19-10-14(20(24)21-5-9-28-13-16-2-1-6-25-16)12-22(19)15-3-4-17-18(11-15)27-8-7-26-17/h1-4,6,11,14H,5,7-10,12-13H2,(H,21,24). The number of furan rings is 1. The van der Waals surface area contributed by atoms with E-state index in [1.807, 2.05) is 18.2 Å². The number of benzene rings is 1. The Morgan fingerprint density at radius 2 is 2.07 bits per heavy atom. The number of nitrogens with zero attached hydrogens (tertiary/aromatic N) is 1. The summed E-state index contributed by atoms with van der Waals surface area (Å²) in [5.41, 5.74) is 0.735. The first-order valence-electron chi connectivity index (χ1n) is 9.28. The highest BCUT2D eigenvalue weighted by atomic mass is 32.2. The van der Waals surface area contributed by atoms with E-state index in [0.29, 0.717) is 37.8 Å². The molecule has 7 nitrogen and oxygen atoms in total. The maximum absolute atomic E-state index is 12.4. The summed E-state index contributed by atoms with van der Waals surface area (Å²) in [5.74, 6) is 3.35. The Morgan fingerprint density at radius 1 is 1.21 bits per heavy atom. The zero-order valence-corrected chi connectivity index (χ0v) is 16.2. The highest BCUT2D eigenvalue weighted by Gasteiger charge is 2.35. The molecular formula is C20H22N2O5S. The second kappa shape index (κ2) is 8.60. The molecule has 0 aliphatic carbocycles. The number of carbonyl (C=O) groups is 2. The van der Waals surface area contributed by atoms with E-state index in [2.05, 4.69) is 5.32 Å². The highest BCUT2D eigenvalue weighted by molar-refractivity contribution is 7.98. The first kappa shape index (κ1) is 18.7. The van der Waals surface area contributed by atoms with Crippen molar-refractivity contribution in [2.45, 2.75) is 12.2 Å². The maximum Gasteiger partial charge on any atom is 0.227 e. The van der Waals surface area contributed by atoms with Crippen molar-refractivity contribution in [1.82, 2.24) is 5.32 Å². The summed E-state index contributed by atoms with van der Waals surface area (Å²) < 4.78 is 16.4. The molecule has 0 radical (unpaired) electrons. The normalized spacial score (nSPS) is 18.4. The Hall–Kier alpha value is -2.61. The van der Waals surface area contributed by atoms with E-state index in [4.69, 9.17) is 13.9 Å². The topological polar surface area (TPSA) is 81.0 Å². The summed E-state index contributed by atoms with van der Waals surface area (Å²) in [4.78, 5) is 26.5. The Bertz CT molecular complexity index is 839. The van der Waals surface area contributed by atoms with Crippen molar-refractivity contribution >= 4 is 29.3 Å². The zero-order valence-electron chi connectivity index (χ0n) is 15.4. The van der Waals surface area contributed by atoms with Crippen LogP contribution < -0.4 is 19.7 Å². The molecule has 1 N–H and O–H groups in total. The van der Waals surface area contributed by atoms with Crippen molar-refractivity contribution in [3.63, 3.8) is 0 Å². The van der Waals surface area contributed by atoms with Crippen LogP contribution in [0.5, 0.6) is 11.5 Å². The van der Waals surface area contributed by atoms with Gasteiger partial charge in [-0.2, -0.15) is 11.8 Å². The molecule has 3 heterocycles. The third-order valence-electron chi connectivity index (χ3n) is 4.70. The molecule has 28 heavy (non-hydrogen) atoms. The number of thioether (sulfide) groups is 1. The van der Waals surface area contributed by atoms with Crippen LogP contribution in [0, 0.1) is 5.92 Å². The van der Waals surface area contributed by atoms with Crippen LogP contribution >= 0.6 is 11.8 Å². The lowest BCUT2D eigenvalue weighted by Gasteiger charge is -2.22. The molecule has 0 bridgehead atoms. The van der Waals surface area contributed by atoms with Crippen LogP contribution in [0.3, 0.4) is 0 Å². The molecule has 8 heteroatoms.